The number of unbranched alkanes of at least 4 members (excludes halogenated alkanes) is 2. The van der Waals surface area contributed by atoms with Crippen LogP contribution in [0, 0.1) is 0 Å². The van der Waals surface area contributed by atoms with Crippen LogP contribution < -0.4 is 11.3 Å². The van der Waals surface area contributed by atoms with Crippen molar-refractivity contribution >= 4 is 17.6 Å². The van der Waals surface area contributed by atoms with Gasteiger partial charge in [-0.05, 0) is 18.6 Å². The van der Waals surface area contributed by atoms with E-state index in [1.807, 2.05) is 11.8 Å². The second kappa shape index (κ2) is 8.31. The van der Waals surface area contributed by atoms with Crippen molar-refractivity contribution in [1.29, 1.82) is 0 Å². The molecule has 0 aromatic carbocycles. The Kier molecular flexibility index (Phi) is 6.96. The van der Waals surface area contributed by atoms with Crippen molar-refractivity contribution in [2.45, 2.75) is 51.0 Å². The molecule has 0 amide bonds. The number of rotatable bonds is 8. The third kappa shape index (κ3) is 4.52. The maximum atomic E-state index is 5.48. The third-order valence-electron chi connectivity index (χ3n) is 2.53. The van der Waals surface area contributed by atoms with E-state index in [1.165, 1.54) is 19.3 Å². The van der Waals surface area contributed by atoms with E-state index in [2.05, 4.69) is 29.2 Å². The lowest BCUT2D eigenvalue weighted by Gasteiger charge is -2.11. The van der Waals surface area contributed by atoms with Crippen molar-refractivity contribution in [3.05, 3.63) is 11.9 Å². The van der Waals surface area contributed by atoms with Crippen LogP contribution in [0.3, 0.4) is 0 Å². The molecule has 1 aromatic heterocycles. The molecule has 1 rings (SSSR count). The quantitative estimate of drug-likeness (QED) is 0.245. The van der Waals surface area contributed by atoms with Gasteiger partial charge in [-0.25, -0.2) is 15.8 Å². The van der Waals surface area contributed by atoms with Crippen molar-refractivity contribution < 1.29 is 0 Å². The van der Waals surface area contributed by atoms with Crippen molar-refractivity contribution in [2.75, 3.05) is 11.2 Å². The van der Waals surface area contributed by atoms with E-state index >= 15 is 0 Å². The Morgan fingerprint density at radius 2 is 2.06 bits per heavy atom. The van der Waals surface area contributed by atoms with Crippen molar-refractivity contribution in [3.63, 3.8) is 0 Å². The summed E-state index contributed by atoms with van der Waals surface area (Å²) in [5.74, 6) is 7.36. The number of aromatic nitrogens is 2. The lowest BCUT2D eigenvalue weighted by molar-refractivity contribution is 0.777. The average Bonchev–Trinajstić information content (AvgIpc) is 2.36. The summed E-state index contributed by atoms with van der Waals surface area (Å²) < 4.78 is 0. The van der Waals surface area contributed by atoms with Crippen LogP contribution in [0.5, 0.6) is 0 Å². The van der Waals surface area contributed by atoms with Crippen LogP contribution in [0.4, 0.5) is 5.82 Å². The van der Waals surface area contributed by atoms with Gasteiger partial charge in [-0.15, -0.1) is 11.8 Å². The second-order valence-electron chi connectivity index (χ2n) is 3.96. The normalized spacial score (nSPS) is 10.5. The third-order valence-corrected chi connectivity index (χ3v) is 3.65. The van der Waals surface area contributed by atoms with E-state index < -0.39 is 0 Å². The van der Waals surface area contributed by atoms with E-state index in [4.69, 9.17) is 5.84 Å². The summed E-state index contributed by atoms with van der Waals surface area (Å²) in [4.78, 5) is 8.52. The summed E-state index contributed by atoms with van der Waals surface area (Å²) in [6, 6.07) is 0. The second-order valence-corrected chi connectivity index (χ2v) is 5.04. The molecule has 1 aromatic rings. The minimum absolute atomic E-state index is 0.764. The van der Waals surface area contributed by atoms with Gasteiger partial charge in [0.15, 0.2) is 0 Å². The van der Waals surface area contributed by atoms with Crippen molar-refractivity contribution in [2.24, 2.45) is 5.84 Å². The van der Waals surface area contributed by atoms with Crippen LogP contribution >= 0.6 is 11.8 Å². The number of anilines is 1. The molecule has 0 atom stereocenters. The number of hydrogen-bond acceptors (Lipinski definition) is 5. The highest BCUT2D eigenvalue weighted by molar-refractivity contribution is 7.99. The molecule has 0 spiro atoms. The molecule has 0 unspecified atom stereocenters. The van der Waals surface area contributed by atoms with Gasteiger partial charge in [0.25, 0.3) is 0 Å². The van der Waals surface area contributed by atoms with Crippen LogP contribution in [0.25, 0.3) is 0 Å². The highest BCUT2D eigenvalue weighted by Gasteiger charge is 2.09. The average molecular weight is 254 g/mol. The standard InChI is InChI=1S/C12H22N4S/c1-3-5-6-8-17-12-10(7-4-2)11(16-13)14-9-15-12/h9H,3-8,13H2,1-2H3,(H,14,15,16). The predicted molar refractivity (Wildman–Crippen MR) is 74.1 cm³/mol. The van der Waals surface area contributed by atoms with Crippen molar-refractivity contribution in [3.8, 4) is 0 Å². The van der Waals surface area contributed by atoms with E-state index in [1.54, 1.807) is 6.33 Å². The Bertz CT molecular complexity index is 330. The van der Waals surface area contributed by atoms with Crippen LogP contribution in [-0.4, -0.2) is 15.7 Å². The number of hydrazine groups is 1. The van der Waals surface area contributed by atoms with Crippen molar-refractivity contribution in [1.82, 2.24) is 9.97 Å². The largest absolute Gasteiger partial charge is 0.308 e. The number of nitrogens with two attached hydrogens (primary N) is 1. The molecule has 0 aliphatic heterocycles. The van der Waals surface area contributed by atoms with Crippen LogP contribution in [-0.2, 0) is 6.42 Å². The molecule has 96 valence electrons. The maximum absolute atomic E-state index is 5.48. The fourth-order valence-corrected chi connectivity index (χ4v) is 2.68. The number of hydrogen-bond donors (Lipinski definition) is 2. The topological polar surface area (TPSA) is 63.8 Å². The fraction of sp³-hybridized carbons (Fsp3) is 0.667. The molecule has 0 saturated heterocycles. The molecule has 0 saturated carbocycles. The lowest BCUT2D eigenvalue weighted by atomic mass is 10.2. The molecule has 0 bridgehead atoms. The summed E-state index contributed by atoms with van der Waals surface area (Å²) in [6.45, 7) is 4.37. The Hall–Kier alpha value is -0.810. The zero-order valence-electron chi connectivity index (χ0n) is 10.7. The van der Waals surface area contributed by atoms with Gasteiger partial charge in [-0.3, -0.25) is 0 Å². The molecular weight excluding hydrogens is 232 g/mol. The van der Waals surface area contributed by atoms with Gasteiger partial charge in [0, 0.05) is 5.56 Å². The minimum atomic E-state index is 0.764. The molecular formula is C12H22N4S. The van der Waals surface area contributed by atoms with E-state index in [0.29, 0.717) is 0 Å². The smallest absolute Gasteiger partial charge is 0.147 e. The highest BCUT2D eigenvalue weighted by atomic mass is 32.2. The first kappa shape index (κ1) is 14.3. The molecule has 0 aliphatic rings. The molecule has 3 N–H and O–H groups in total. The Labute approximate surface area is 108 Å². The first-order valence-electron chi connectivity index (χ1n) is 6.26. The number of nitrogens with one attached hydrogen (secondary N) is 1. The molecule has 0 aliphatic carbocycles. The SMILES string of the molecule is CCCCCSc1ncnc(NN)c1CCC. The maximum Gasteiger partial charge on any atom is 0.147 e. The van der Waals surface area contributed by atoms with Gasteiger partial charge in [-0.2, -0.15) is 0 Å². The van der Waals surface area contributed by atoms with Gasteiger partial charge in [0.05, 0.1) is 0 Å². The van der Waals surface area contributed by atoms with E-state index in [-0.39, 0.29) is 0 Å². The first-order valence-corrected chi connectivity index (χ1v) is 7.25. The number of nitrogens with zero attached hydrogens (tertiary/aromatic N) is 2. The summed E-state index contributed by atoms with van der Waals surface area (Å²) >= 11 is 1.81. The number of thioether (sulfide) groups is 1. The molecule has 1 heterocycles. The fourth-order valence-electron chi connectivity index (χ4n) is 1.64. The molecule has 0 radical (unpaired) electrons. The summed E-state index contributed by atoms with van der Waals surface area (Å²) in [6.07, 6.45) is 7.39. The Balaban J connectivity index is 2.68. The van der Waals surface area contributed by atoms with Gasteiger partial charge in [0.1, 0.15) is 17.2 Å². The van der Waals surface area contributed by atoms with Gasteiger partial charge >= 0.3 is 0 Å². The zero-order chi connectivity index (χ0) is 12.5. The lowest BCUT2D eigenvalue weighted by Crippen LogP contribution is -2.12. The van der Waals surface area contributed by atoms with E-state index in [9.17, 15) is 0 Å². The van der Waals surface area contributed by atoms with Crippen LogP contribution in [0.2, 0.25) is 0 Å². The monoisotopic (exact) mass is 254 g/mol. The highest BCUT2D eigenvalue weighted by Crippen LogP contribution is 2.26. The van der Waals surface area contributed by atoms with E-state index in [0.717, 1.165) is 35.0 Å². The molecule has 4 nitrogen and oxygen atoms in total. The Morgan fingerprint density at radius 3 is 2.71 bits per heavy atom. The molecule has 0 fully saturated rings. The van der Waals surface area contributed by atoms with Gasteiger partial charge in [-0.1, -0.05) is 33.1 Å². The minimum Gasteiger partial charge on any atom is -0.308 e. The molecule has 17 heavy (non-hydrogen) atoms. The zero-order valence-corrected chi connectivity index (χ0v) is 11.5. The molecule has 5 heteroatoms. The summed E-state index contributed by atoms with van der Waals surface area (Å²) in [7, 11) is 0. The first-order chi connectivity index (χ1) is 8.33. The van der Waals surface area contributed by atoms with Crippen LogP contribution in [0.1, 0.15) is 45.1 Å². The van der Waals surface area contributed by atoms with Gasteiger partial charge < -0.3 is 5.43 Å². The summed E-state index contributed by atoms with van der Waals surface area (Å²) in [5, 5.41) is 1.07. The Morgan fingerprint density at radius 1 is 1.24 bits per heavy atom. The van der Waals surface area contributed by atoms with Crippen LogP contribution in [0.15, 0.2) is 11.4 Å². The summed E-state index contributed by atoms with van der Waals surface area (Å²) in [5.41, 5.74) is 3.81. The van der Waals surface area contributed by atoms with Gasteiger partial charge in [0.2, 0.25) is 0 Å². The number of nitrogen functional groups attached to an aromatic ring is 1. The predicted octanol–water partition coefficient (Wildman–Crippen LogP) is 3.00.